The van der Waals surface area contributed by atoms with Crippen molar-refractivity contribution in [3.63, 3.8) is 0 Å². The van der Waals surface area contributed by atoms with Crippen molar-refractivity contribution >= 4 is 0 Å². The zero-order chi connectivity index (χ0) is 14.8. The van der Waals surface area contributed by atoms with Gasteiger partial charge in [0.15, 0.2) is 0 Å². The Bertz CT molecular complexity index is 293. The standard InChI is InChI=1S/C17H35N3/c1-6-18-16-14(7-10-17(16,2)3)13-20-11-8-15(9-12-20)19(4)5/h14-16,18H,6-13H2,1-5H3. The van der Waals surface area contributed by atoms with E-state index in [4.69, 9.17) is 0 Å². The Morgan fingerprint density at radius 1 is 1.15 bits per heavy atom. The molecule has 1 heterocycles. The molecule has 0 aromatic rings. The molecule has 2 atom stereocenters. The number of nitrogens with zero attached hydrogens (tertiary/aromatic N) is 2. The van der Waals surface area contributed by atoms with Crippen LogP contribution in [0.4, 0.5) is 0 Å². The first-order valence-electron chi connectivity index (χ1n) is 8.56. The molecule has 2 rings (SSSR count). The highest BCUT2D eigenvalue weighted by molar-refractivity contribution is 4.97. The van der Waals surface area contributed by atoms with Gasteiger partial charge in [0.25, 0.3) is 0 Å². The highest BCUT2D eigenvalue weighted by Gasteiger charge is 2.41. The van der Waals surface area contributed by atoms with E-state index in [1.807, 2.05) is 0 Å². The summed E-state index contributed by atoms with van der Waals surface area (Å²) in [5.74, 6) is 0.848. The molecule has 3 nitrogen and oxygen atoms in total. The molecule has 3 heteroatoms. The fraction of sp³-hybridized carbons (Fsp3) is 1.00. The van der Waals surface area contributed by atoms with Gasteiger partial charge in [-0.05, 0) is 70.7 Å². The second-order valence-corrected chi connectivity index (χ2v) is 7.82. The summed E-state index contributed by atoms with van der Waals surface area (Å²) in [6.45, 7) is 12.1. The van der Waals surface area contributed by atoms with Crippen molar-refractivity contribution in [2.75, 3.05) is 40.3 Å². The van der Waals surface area contributed by atoms with E-state index < -0.39 is 0 Å². The first-order chi connectivity index (χ1) is 9.44. The Morgan fingerprint density at radius 2 is 1.80 bits per heavy atom. The van der Waals surface area contributed by atoms with E-state index in [0.29, 0.717) is 11.5 Å². The van der Waals surface area contributed by atoms with Crippen LogP contribution in [0.5, 0.6) is 0 Å². The van der Waals surface area contributed by atoms with E-state index in [-0.39, 0.29) is 0 Å². The average Bonchev–Trinajstić information content (AvgIpc) is 2.67. The van der Waals surface area contributed by atoms with Gasteiger partial charge in [0, 0.05) is 18.6 Å². The van der Waals surface area contributed by atoms with E-state index in [0.717, 1.165) is 18.5 Å². The monoisotopic (exact) mass is 281 g/mol. The Morgan fingerprint density at radius 3 is 2.35 bits per heavy atom. The van der Waals surface area contributed by atoms with Crippen molar-refractivity contribution < 1.29 is 0 Å². The maximum Gasteiger partial charge on any atom is 0.0159 e. The largest absolute Gasteiger partial charge is 0.313 e. The van der Waals surface area contributed by atoms with E-state index >= 15 is 0 Å². The lowest BCUT2D eigenvalue weighted by atomic mass is 9.84. The predicted molar refractivity (Wildman–Crippen MR) is 87.1 cm³/mol. The normalized spacial score (nSPS) is 32.1. The minimum absolute atomic E-state index is 0.475. The van der Waals surface area contributed by atoms with Crippen LogP contribution in [0.2, 0.25) is 0 Å². The van der Waals surface area contributed by atoms with Gasteiger partial charge in [0.1, 0.15) is 0 Å². The van der Waals surface area contributed by atoms with E-state index in [1.165, 1.54) is 45.3 Å². The lowest BCUT2D eigenvalue weighted by Gasteiger charge is -2.38. The van der Waals surface area contributed by atoms with Crippen LogP contribution in [0.15, 0.2) is 0 Å². The van der Waals surface area contributed by atoms with Crippen LogP contribution in [-0.4, -0.2) is 62.2 Å². The van der Waals surface area contributed by atoms with E-state index in [9.17, 15) is 0 Å². The molecular weight excluding hydrogens is 246 g/mol. The third-order valence-electron chi connectivity index (χ3n) is 5.68. The van der Waals surface area contributed by atoms with Crippen molar-refractivity contribution in [3.8, 4) is 0 Å². The first-order valence-corrected chi connectivity index (χ1v) is 8.56. The van der Waals surface area contributed by atoms with Gasteiger partial charge in [-0.25, -0.2) is 0 Å². The van der Waals surface area contributed by atoms with Crippen molar-refractivity contribution in [2.24, 2.45) is 11.3 Å². The Balaban J connectivity index is 1.84. The maximum absolute atomic E-state index is 3.77. The van der Waals surface area contributed by atoms with Gasteiger partial charge in [-0.15, -0.1) is 0 Å². The Labute approximate surface area is 126 Å². The summed E-state index contributed by atoms with van der Waals surface area (Å²) in [4.78, 5) is 5.12. The SMILES string of the molecule is CCNC1C(CN2CCC(N(C)C)CC2)CCC1(C)C. The minimum atomic E-state index is 0.475. The summed E-state index contributed by atoms with van der Waals surface area (Å²) in [6.07, 6.45) is 5.46. The van der Waals surface area contributed by atoms with Gasteiger partial charge in [0.2, 0.25) is 0 Å². The van der Waals surface area contributed by atoms with Crippen molar-refractivity contribution in [1.29, 1.82) is 0 Å². The zero-order valence-corrected chi connectivity index (χ0v) is 14.3. The summed E-state index contributed by atoms with van der Waals surface area (Å²) < 4.78 is 0. The van der Waals surface area contributed by atoms with Crippen LogP contribution < -0.4 is 5.32 Å². The highest BCUT2D eigenvalue weighted by Crippen LogP contribution is 2.41. The fourth-order valence-electron chi connectivity index (χ4n) is 4.33. The molecule has 2 fully saturated rings. The van der Waals surface area contributed by atoms with Gasteiger partial charge in [-0.2, -0.15) is 0 Å². The molecule has 0 amide bonds. The highest BCUT2D eigenvalue weighted by atomic mass is 15.2. The molecule has 1 saturated carbocycles. The number of piperidine rings is 1. The molecule has 0 bridgehead atoms. The van der Waals surface area contributed by atoms with Gasteiger partial charge in [-0.3, -0.25) is 0 Å². The second kappa shape index (κ2) is 6.76. The van der Waals surface area contributed by atoms with Crippen LogP contribution in [0.3, 0.4) is 0 Å². The number of rotatable bonds is 5. The number of likely N-dealkylation sites (tertiary alicyclic amines) is 1. The summed E-state index contributed by atoms with van der Waals surface area (Å²) in [6, 6.07) is 1.51. The average molecular weight is 281 g/mol. The lowest BCUT2D eigenvalue weighted by molar-refractivity contribution is 0.118. The van der Waals surface area contributed by atoms with Crippen LogP contribution in [0, 0.1) is 11.3 Å². The number of nitrogens with one attached hydrogen (secondary N) is 1. The molecule has 0 spiro atoms. The molecule has 1 N–H and O–H groups in total. The molecule has 1 saturated heterocycles. The topological polar surface area (TPSA) is 18.5 Å². The number of hydrogen-bond acceptors (Lipinski definition) is 3. The maximum atomic E-state index is 3.77. The number of hydrogen-bond donors (Lipinski definition) is 1. The summed E-state index contributed by atoms with van der Waals surface area (Å²) in [5, 5.41) is 3.77. The smallest absolute Gasteiger partial charge is 0.0159 e. The van der Waals surface area contributed by atoms with Crippen molar-refractivity contribution in [2.45, 2.75) is 58.5 Å². The zero-order valence-electron chi connectivity index (χ0n) is 14.3. The Kier molecular flexibility index (Phi) is 5.49. The summed E-state index contributed by atoms with van der Waals surface area (Å²) in [7, 11) is 4.45. The molecule has 2 unspecified atom stereocenters. The van der Waals surface area contributed by atoms with Gasteiger partial charge >= 0.3 is 0 Å². The first kappa shape index (κ1) is 16.3. The minimum Gasteiger partial charge on any atom is -0.313 e. The van der Waals surface area contributed by atoms with Crippen LogP contribution in [-0.2, 0) is 0 Å². The molecule has 118 valence electrons. The molecule has 1 aliphatic carbocycles. The van der Waals surface area contributed by atoms with Gasteiger partial charge < -0.3 is 15.1 Å². The second-order valence-electron chi connectivity index (χ2n) is 7.82. The molecule has 20 heavy (non-hydrogen) atoms. The molecule has 0 aromatic heterocycles. The van der Waals surface area contributed by atoms with Gasteiger partial charge in [0.05, 0.1) is 0 Å². The predicted octanol–water partition coefficient (Wildman–Crippen LogP) is 2.43. The van der Waals surface area contributed by atoms with Crippen LogP contribution >= 0.6 is 0 Å². The summed E-state index contributed by atoms with van der Waals surface area (Å²) >= 11 is 0. The molecule has 1 aliphatic heterocycles. The fourth-order valence-corrected chi connectivity index (χ4v) is 4.33. The molecule has 0 radical (unpaired) electrons. The Hall–Kier alpha value is -0.120. The van der Waals surface area contributed by atoms with Gasteiger partial charge in [-0.1, -0.05) is 20.8 Å². The molecular formula is C17H35N3. The summed E-state index contributed by atoms with van der Waals surface area (Å²) in [5.41, 5.74) is 0.475. The third-order valence-corrected chi connectivity index (χ3v) is 5.68. The van der Waals surface area contributed by atoms with Crippen molar-refractivity contribution in [1.82, 2.24) is 15.1 Å². The quantitative estimate of drug-likeness (QED) is 0.835. The van der Waals surface area contributed by atoms with Crippen molar-refractivity contribution in [3.05, 3.63) is 0 Å². The van der Waals surface area contributed by atoms with Crippen LogP contribution in [0.25, 0.3) is 0 Å². The van der Waals surface area contributed by atoms with E-state index in [2.05, 4.69) is 50.0 Å². The third kappa shape index (κ3) is 3.75. The lowest BCUT2D eigenvalue weighted by Crippen LogP contribution is -2.48. The van der Waals surface area contributed by atoms with Crippen LogP contribution in [0.1, 0.15) is 46.5 Å². The van der Waals surface area contributed by atoms with E-state index in [1.54, 1.807) is 0 Å². The molecule has 2 aliphatic rings. The molecule has 0 aromatic carbocycles.